The van der Waals surface area contributed by atoms with Gasteiger partial charge in [-0.3, -0.25) is 9.69 Å². The molecule has 3 heterocycles. The molecule has 0 atom stereocenters. The Morgan fingerprint density at radius 2 is 2.04 bits per heavy atom. The molecular weight excluding hydrogens is 350 g/mol. The molecule has 1 N–H and O–H groups in total. The Balaban J connectivity index is 1.43. The molecule has 0 unspecified atom stereocenters. The molecule has 2 saturated heterocycles. The molecule has 0 bridgehead atoms. The fraction of sp³-hybridized carbons (Fsp3) is 0.714. The topological polar surface area (TPSA) is 87.7 Å². The minimum absolute atomic E-state index is 0.164. The molecule has 10 heteroatoms. The Hall–Kier alpha value is -1.39. The lowest BCUT2D eigenvalue weighted by Gasteiger charge is -2.25. The number of ether oxygens (including phenoxy) is 1. The molecule has 1 aromatic heterocycles. The summed E-state index contributed by atoms with van der Waals surface area (Å²) in [6.07, 6.45) is 0.729. The first-order valence-electron chi connectivity index (χ1n) is 7.90. The second-order valence-corrected chi connectivity index (χ2v) is 8.46. The summed E-state index contributed by atoms with van der Waals surface area (Å²) in [5.74, 6) is 0.623. The van der Waals surface area contributed by atoms with E-state index in [0.29, 0.717) is 6.54 Å². The number of aromatic nitrogens is 2. The van der Waals surface area contributed by atoms with Gasteiger partial charge < -0.3 is 15.0 Å². The molecule has 2 aliphatic rings. The number of anilines is 1. The average molecular weight is 371 g/mol. The standard InChI is InChI=1S/C14H21N5O3S2/c1-14(2)10(20)19(11(21)15-14)4-3-9-23-13-17-16-12(24-13)18-5-7-22-8-6-18/h3-9H2,1-2H3,(H,15,21). The van der Waals surface area contributed by atoms with Crippen LogP contribution in [-0.4, -0.2) is 71.2 Å². The predicted molar refractivity (Wildman–Crippen MR) is 92.6 cm³/mol. The molecular formula is C14H21N5O3S2. The lowest BCUT2D eigenvalue weighted by atomic mass is 10.1. The van der Waals surface area contributed by atoms with Crippen molar-refractivity contribution in [3.63, 3.8) is 0 Å². The van der Waals surface area contributed by atoms with Crippen LogP contribution in [0.25, 0.3) is 0 Å². The molecule has 0 radical (unpaired) electrons. The number of hydrogen-bond acceptors (Lipinski definition) is 8. The number of carbonyl (C=O) groups is 2. The monoisotopic (exact) mass is 371 g/mol. The smallest absolute Gasteiger partial charge is 0.325 e. The molecule has 132 valence electrons. The van der Waals surface area contributed by atoms with Crippen LogP contribution in [-0.2, 0) is 9.53 Å². The van der Waals surface area contributed by atoms with E-state index >= 15 is 0 Å². The van der Waals surface area contributed by atoms with E-state index in [4.69, 9.17) is 4.74 Å². The first kappa shape index (κ1) is 17.4. The molecule has 3 amide bonds. The largest absolute Gasteiger partial charge is 0.378 e. The summed E-state index contributed by atoms with van der Waals surface area (Å²) in [5.41, 5.74) is -0.795. The van der Waals surface area contributed by atoms with Crippen LogP contribution in [0.4, 0.5) is 9.93 Å². The van der Waals surface area contributed by atoms with E-state index in [1.807, 2.05) is 0 Å². The zero-order valence-corrected chi connectivity index (χ0v) is 15.4. The van der Waals surface area contributed by atoms with E-state index < -0.39 is 5.54 Å². The van der Waals surface area contributed by atoms with Crippen molar-refractivity contribution in [2.45, 2.75) is 30.1 Å². The van der Waals surface area contributed by atoms with E-state index in [9.17, 15) is 9.59 Å². The number of nitrogens with zero attached hydrogens (tertiary/aromatic N) is 4. The second-order valence-electron chi connectivity index (χ2n) is 6.16. The molecule has 8 nitrogen and oxygen atoms in total. The maximum Gasteiger partial charge on any atom is 0.325 e. The van der Waals surface area contributed by atoms with Crippen molar-refractivity contribution in [1.29, 1.82) is 0 Å². The summed E-state index contributed by atoms with van der Waals surface area (Å²) in [5, 5.41) is 12.0. The minimum Gasteiger partial charge on any atom is -0.378 e. The number of rotatable bonds is 6. The fourth-order valence-electron chi connectivity index (χ4n) is 2.55. The van der Waals surface area contributed by atoms with E-state index in [2.05, 4.69) is 20.4 Å². The van der Waals surface area contributed by atoms with Crippen molar-refractivity contribution >= 4 is 40.2 Å². The van der Waals surface area contributed by atoms with Gasteiger partial charge in [0.2, 0.25) is 5.13 Å². The lowest BCUT2D eigenvalue weighted by molar-refractivity contribution is -0.130. The Kier molecular flexibility index (Phi) is 5.26. The number of morpholine rings is 1. The number of hydrogen-bond donors (Lipinski definition) is 1. The van der Waals surface area contributed by atoms with Crippen LogP contribution < -0.4 is 10.2 Å². The number of urea groups is 1. The maximum atomic E-state index is 12.1. The quantitative estimate of drug-likeness (QED) is 0.456. The molecule has 2 aliphatic heterocycles. The van der Waals surface area contributed by atoms with E-state index in [1.165, 1.54) is 4.90 Å². The molecule has 24 heavy (non-hydrogen) atoms. The van der Waals surface area contributed by atoms with Gasteiger partial charge in [0.25, 0.3) is 5.91 Å². The van der Waals surface area contributed by atoms with Crippen LogP contribution in [0.2, 0.25) is 0 Å². The third-order valence-corrected chi connectivity index (χ3v) is 6.08. The molecule has 0 aromatic carbocycles. The first-order chi connectivity index (χ1) is 11.5. The highest BCUT2D eigenvalue weighted by molar-refractivity contribution is 8.01. The van der Waals surface area contributed by atoms with Crippen molar-refractivity contribution in [3.8, 4) is 0 Å². The molecule has 3 rings (SSSR count). The summed E-state index contributed by atoms with van der Waals surface area (Å²) < 4.78 is 6.24. The van der Waals surface area contributed by atoms with Crippen LogP contribution in [0.15, 0.2) is 4.34 Å². The Bertz CT molecular complexity index is 615. The number of carbonyl (C=O) groups excluding carboxylic acids is 2. The third-order valence-electron chi connectivity index (χ3n) is 3.87. The number of imide groups is 1. The van der Waals surface area contributed by atoms with Crippen LogP contribution in [0.3, 0.4) is 0 Å². The van der Waals surface area contributed by atoms with Gasteiger partial charge in [-0.1, -0.05) is 23.1 Å². The Morgan fingerprint density at radius 1 is 1.29 bits per heavy atom. The number of thioether (sulfide) groups is 1. The first-order valence-corrected chi connectivity index (χ1v) is 9.71. The van der Waals surface area contributed by atoms with Crippen molar-refractivity contribution in [1.82, 2.24) is 20.4 Å². The highest BCUT2D eigenvalue weighted by atomic mass is 32.2. The highest BCUT2D eigenvalue weighted by Gasteiger charge is 2.43. The second kappa shape index (κ2) is 7.24. The molecule has 0 aliphatic carbocycles. The predicted octanol–water partition coefficient (Wildman–Crippen LogP) is 1.19. The van der Waals surface area contributed by atoms with Gasteiger partial charge >= 0.3 is 6.03 Å². The van der Waals surface area contributed by atoms with Crippen molar-refractivity contribution in [3.05, 3.63) is 0 Å². The summed E-state index contributed by atoms with van der Waals surface area (Å²) in [7, 11) is 0. The van der Waals surface area contributed by atoms with Gasteiger partial charge in [-0.25, -0.2) is 4.79 Å². The van der Waals surface area contributed by atoms with E-state index in [-0.39, 0.29) is 11.9 Å². The van der Waals surface area contributed by atoms with Gasteiger partial charge in [-0.15, -0.1) is 10.2 Å². The maximum absolute atomic E-state index is 12.1. The third kappa shape index (κ3) is 3.81. The van der Waals surface area contributed by atoms with Gasteiger partial charge in [-0.05, 0) is 20.3 Å². The van der Waals surface area contributed by atoms with E-state index in [0.717, 1.165) is 47.9 Å². The normalized spacial score (nSPS) is 20.6. The van der Waals surface area contributed by atoms with Crippen LogP contribution in [0.5, 0.6) is 0 Å². The van der Waals surface area contributed by atoms with Gasteiger partial charge in [-0.2, -0.15) is 0 Å². The SMILES string of the molecule is CC1(C)NC(=O)N(CCCSc2nnc(N3CCOCC3)s2)C1=O. The molecule has 0 saturated carbocycles. The van der Waals surface area contributed by atoms with Gasteiger partial charge in [0.05, 0.1) is 13.2 Å². The van der Waals surface area contributed by atoms with Crippen LogP contribution >= 0.6 is 23.1 Å². The van der Waals surface area contributed by atoms with Gasteiger partial charge in [0, 0.05) is 25.4 Å². The molecule has 0 spiro atoms. The van der Waals surface area contributed by atoms with Crippen LogP contribution in [0.1, 0.15) is 20.3 Å². The zero-order valence-electron chi connectivity index (χ0n) is 13.8. The van der Waals surface area contributed by atoms with E-state index in [1.54, 1.807) is 36.9 Å². The summed E-state index contributed by atoms with van der Waals surface area (Å²) in [6.45, 7) is 7.01. The van der Waals surface area contributed by atoms with Crippen molar-refractivity contribution in [2.24, 2.45) is 0 Å². The zero-order chi connectivity index (χ0) is 17.2. The van der Waals surface area contributed by atoms with Crippen LogP contribution in [0, 0.1) is 0 Å². The molecule has 1 aromatic rings. The lowest BCUT2D eigenvalue weighted by Crippen LogP contribution is -2.40. The number of nitrogens with one attached hydrogen (secondary N) is 1. The minimum atomic E-state index is -0.795. The fourth-order valence-corrected chi connectivity index (χ4v) is 4.43. The Morgan fingerprint density at radius 3 is 2.71 bits per heavy atom. The summed E-state index contributed by atoms with van der Waals surface area (Å²) in [6, 6.07) is -0.305. The summed E-state index contributed by atoms with van der Waals surface area (Å²) >= 11 is 3.18. The van der Waals surface area contributed by atoms with Gasteiger partial charge in [0.1, 0.15) is 5.54 Å². The van der Waals surface area contributed by atoms with Crippen molar-refractivity contribution in [2.75, 3.05) is 43.5 Å². The Labute approximate surface area is 148 Å². The van der Waals surface area contributed by atoms with Crippen molar-refractivity contribution < 1.29 is 14.3 Å². The number of amides is 3. The summed E-state index contributed by atoms with van der Waals surface area (Å²) in [4.78, 5) is 27.3. The average Bonchev–Trinajstić information content (AvgIpc) is 3.10. The highest BCUT2D eigenvalue weighted by Crippen LogP contribution is 2.29. The molecule has 2 fully saturated rings. The van der Waals surface area contributed by atoms with Gasteiger partial charge in [0.15, 0.2) is 4.34 Å².